The van der Waals surface area contributed by atoms with Gasteiger partial charge >= 0.3 is 0 Å². The van der Waals surface area contributed by atoms with Gasteiger partial charge in [-0.25, -0.2) is 0 Å². The van der Waals surface area contributed by atoms with Crippen LogP contribution in [0.15, 0.2) is 4.99 Å². The van der Waals surface area contributed by atoms with Crippen molar-refractivity contribution >= 4 is 5.96 Å². The first kappa shape index (κ1) is 22.7. The van der Waals surface area contributed by atoms with Crippen LogP contribution in [0.25, 0.3) is 0 Å². The highest BCUT2D eigenvalue weighted by molar-refractivity contribution is 5.80. The first-order valence-electron chi connectivity index (χ1n) is 11.1. The summed E-state index contributed by atoms with van der Waals surface area (Å²) in [7, 11) is 2.02. The summed E-state index contributed by atoms with van der Waals surface area (Å²) in [4.78, 5) is 7.60. The molecule has 0 bridgehead atoms. The van der Waals surface area contributed by atoms with Crippen LogP contribution in [0.5, 0.6) is 0 Å². The van der Waals surface area contributed by atoms with Gasteiger partial charge in [-0.2, -0.15) is 5.10 Å². The fraction of sp³-hybridized carbons (Fsp3) is 0.818. The minimum Gasteiger partial charge on any atom is -0.357 e. The van der Waals surface area contributed by atoms with Gasteiger partial charge in [0.05, 0.1) is 12.2 Å². The Labute approximate surface area is 172 Å². The van der Waals surface area contributed by atoms with Gasteiger partial charge in [0.1, 0.15) is 0 Å². The molecule has 0 spiro atoms. The minimum absolute atomic E-state index is 0.303. The number of nitrogens with one attached hydrogen (secondary N) is 2. The van der Waals surface area contributed by atoms with E-state index in [1.165, 1.54) is 43.6 Å². The summed E-state index contributed by atoms with van der Waals surface area (Å²) in [5.41, 5.74) is 3.72. The molecule has 1 aliphatic rings. The molecule has 2 rings (SSSR count). The van der Waals surface area contributed by atoms with Gasteiger partial charge in [-0.1, -0.05) is 20.3 Å². The van der Waals surface area contributed by atoms with Crippen molar-refractivity contribution in [1.29, 1.82) is 0 Å². The normalized spacial score (nSPS) is 19.9. The zero-order valence-electron chi connectivity index (χ0n) is 19.2. The van der Waals surface area contributed by atoms with Gasteiger partial charge in [0.15, 0.2) is 5.96 Å². The Balaban J connectivity index is 1.98. The van der Waals surface area contributed by atoms with E-state index in [9.17, 15) is 0 Å². The molecule has 1 aliphatic heterocycles. The second kappa shape index (κ2) is 10.8. The van der Waals surface area contributed by atoms with Crippen LogP contribution in [0.4, 0.5) is 0 Å². The Morgan fingerprint density at radius 1 is 1.25 bits per heavy atom. The van der Waals surface area contributed by atoms with Crippen LogP contribution >= 0.6 is 0 Å². The third-order valence-corrected chi connectivity index (χ3v) is 5.71. The van der Waals surface area contributed by atoms with Crippen LogP contribution in [0.2, 0.25) is 0 Å². The molecule has 28 heavy (non-hydrogen) atoms. The van der Waals surface area contributed by atoms with Crippen LogP contribution in [0, 0.1) is 19.8 Å². The van der Waals surface area contributed by atoms with E-state index in [0.717, 1.165) is 31.2 Å². The number of rotatable bonds is 8. The van der Waals surface area contributed by atoms with E-state index in [4.69, 9.17) is 4.99 Å². The first-order chi connectivity index (χ1) is 13.3. The molecule has 2 atom stereocenters. The second-order valence-corrected chi connectivity index (χ2v) is 8.78. The molecule has 1 aromatic rings. The fourth-order valence-electron chi connectivity index (χ4n) is 4.20. The summed E-state index contributed by atoms with van der Waals surface area (Å²) in [6.45, 7) is 17.4. The predicted octanol–water partition coefficient (Wildman–Crippen LogP) is 3.03. The van der Waals surface area contributed by atoms with E-state index < -0.39 is 0 Å². The number of likely N-dealkylation sites (tertiary alicyclic amines) is 1. The summed E-state index contributed by atoms with van der Waals surface area (Å²) >= 11 is 0. The number of aliphatic imine (C=N–C) groups is 1. The highest BCUT2D eigenvalue weighted by Gasteiger charge is 2.23. The quantitative estimate of drug-likeness (QED) is 0.529. The first-order valence-corrected chi connectivity index (χ1v) is 11.1. The molecular weight excluding hydrogens is 348 g/mol. The van der Waals surface area contributed by atoms with Gasteiger partial charge < -0.3 is 10.6 Å². The van der Waals surface area contributed by atoms with E-state index in [0.29, 0.717) is 18.0 Å². The fourth-order valence-corrected chi connectivity index (χ4v) is 4.20. The summed E-state index contributed by atoms with van der Waals surface area (Å²) in [6.07, 6.45) is 4.87. The number of hydrogen-bond acceptors (Lipinski definition) is 3. The largest absolute Gasteiger partial charge is 0.357 e. The molecule has 6 heteroatoms. The number of piperidine rings is 1. The Hall–Kier alpha value is -1.56. The topological polar surface area (TPSA) is 57.5 Å². The zero-order valence-corrected chi connectivity index (χ0v) is 19.2. The third kappa shape index (κ3) is 6.50. The Bertz CT molecular complexity index is 633. The smallest absolute Gasteiger partial charge is 0.191 e. The summed E-state index contributed by atoms with van der Waals surface area (Å²) in [5, 5.41) is 11.6. The van der Waals surface area contributed by atoms with Gasteiger partial charge in [0.2, 0.25) is 0 Å². The van der Waals surface area contributed by atoms with Crippen LogP contribution < -0.4 is 10.6 Å². The number of hydrogen-bond donors (Lipinski definition) is 2. The molecule has 0 amide bonds. The molecule has 1 aromatic heterocycles. The Morgan fingerprint density at radius 3 is 2.61 bits per heavy atom. The number of aryl methyl sites for hydroxylation is 2. The molecule has 2 unspecified atom stereocenters. The van der Waals surface area contributed by atoms with Crippen molar-refractivity contribution < 1.29 is 0 Å². The lowest BCUT2D eigenvalue weighted by molar-refractivity contribution is 0.137. The van der Waals surface area contributed by atoms with Crippen LogP contribution in [-0.2, 0) is 13.5 Å². The van der Waals surface area contributed by atoms with Crippen molar-refractivity contribution in [1.82, 2.24) is 25.3 Å². The maximum absolute atomic E-state index is 4.96. The molecule has 160 valence electrons. The van der Waals surface area contributed by atoms with Gasteiger partial charge in [-0.3, -0.25) is 14.6 Å². The van der Waals surface area contributed by atoms with Gasteiger partial charge in [-0.05, 0) is 65.0 Å². The van der Waals surface area contributed by atoms with Crippen LogP contribution in [0.3, 0.4) is 0 Å². The molecule has 2 heterocycles. The monoisotopic (exact) mass is 390 g/mol. The molecule has 0 aliphatic carbocycles. The molecule has 1 saturated heterocycles. The number of nitrogens with zero attached hydrogens (tertiary/aromatic N) is 4. The van der Waals surface area contributed by atoms with E-state index in [1.54, 1.807) is 0 Å². The standard InChI is InChI=1S/C22H42N6/c1-8-23-22(24-14-20-11-9-10-12-28(20)15-16(2)3)25-17(4)13-21-18(5)26-27(7)19(21)6/h16-17,20H,8-15H2,1-7H3,(H2,23,24,25). The van der Waals surface area contributed by atoms with Crippen molar-refractivity contribution in [3.8, 4) is 0 Å². The lowest BCUT2D eigenvalue weighted by Gasteiger charge is -2.36. The van der Waals surface area contributed by atoms with Crippen molar-refractivity contribution in [2.45, 2.75) is 79.3 Å². The van der Waals surface area contributed by atoms with E-state index in [-0.39, 0.29) is 0 Å². The average molecular weight is 391 g/mol. The lowest BCUT2D eigenvalue weighted by Crippen LogP contribution is -2.46. The summed E-state index contributed by atoms with van der Waals surface area (Å²) in [5.74, 6) is 1.64. The molecule has 1 fully saturated rings. The van der Waals surface area contributed by atoms with Gasteiger partial charge in [-0.15, -0.1) is 0 Å². The van der Waals surface area contributed by atoms with Crippen molar-refractivity contribution in [2.75, 3.05) is 26.2 Å². The minimum atomic E-state index is 0.303. The number of aromatic nitrogens is 2. The molecule has 2 N–H and O–H groups in total. The van der Waals surface area contributed by atoms with E-state index in [2.05, 4.69) is 62.2 Å². The highest BCUT2D eigenvalue weighted by Crippen LogP contribution is 2.19. The highest BCUT2D eigenvalue weighted by atomic mass is 15.3. The van der Waals surface area contributed by atoms with Crippen molar-refractivity contribution in [3.63, 3.8) is 0 Å². The lowest BCUT2D eigenvalue weighted by atomic mass is 10.0. The Morgan fingerprint density at radius 2 is 2.00 bits per heavy atom. The maximum Gasteiger partial charge on any atom is 0.191 e. The van der Waals surface area contributed by atoms with Crippen LogP contribution in [0.1, 0.15) is 63.9 Å². The van der Waals surface area contributed by atoms with Crippen LogP contribution in [-0.4, -0.2) is 58.9 Å². The van der Waals surface area contributed by atoms with Gasteiger partial charge in [0, 0.05) is 37.9 Å². The average Bonchev–Trinajstić information content (AvgIpc) is 2.86. The molecule has 0 aromatic carbocycles. The SMILES string of the molecule is CCNC(=NCC1CCCCN1CC(C)C)NC(C)Cc1c(C)nn(C)c1C. The third-order valence-electron chi connectivity index (χ3n) is 5.71. The zero-order chi connectivity index (χ0) is 20.7. The van der Waals surface area contributed by atoms with Crippen molar-refractivity contribution in [3.05, 3.63) is 17.0 Å². The molecule has 0 radical (unpaired) electrons. The summed E-state index contributed by atoms with van der Waals surface area (Å²) in [6, 6.07) is 0.877. The molecule has 6 nitrogen and oxygen atoms in total. The van der Waals surface area contributed by atoms with Crippen molar-refractivity contribution in [2.24, 2.45) is 18.0 Å². The summed E-state index contributed by atoms with van der Waals surface area (Å²) < 4.78 is 1.98. The van der Waals surface area contributed by atoms with Gasteiger partial charge in [0.25, 0.3) is 0 Å². The second-order valence-electron chi connectivity index (χ2n) is 8.78. The number of guanidine groups is 1. The molecule has 0 saturated carbocycles. The van der Waals surface area contributed by atoms with E-state index >= 15 is 0 Å². The Kier molecular flexibility index (Phi) is 8.80. The predicted molar refractivity (Wildman–Crippen MR) is 119 cm³/mol. The molecular formula is C22H42N6. The van der Waals surface area contributed by atoms with E-state index in [1.807, 2.05) is 11.7 Å². The maximum atomic E-state index is 4.96.